The molecule has 0 saturated carbocycles. The molecule has 0 aromatic heterocycles. The molecule has 0 aliphatic carbocycles. The summed E-state index contributed by atoms with van der Waals surface area (Å²) in [6.07, 6.45) is 1.39. The van der Waals surface area contributed by atoms with E-state index in [0.29, 0.717) is 6.42 Å². The summed E-state index contributed by atoms with van der Waals surface area (Å²) in [5.41, 5.74) is 2.44. The molecular weight excluding hydrogens is 240 g/mol. The second kappa shape index (κ2) is 6.68. The first-order valence-electron chi connectivity index (χ1n) is 6.77. The fraction of sp³-hybridized carbons (Fsp3) is 0.533. The van der Waals surface area contributed by atoms with Gasteiger partial charge in [-0.25, -0.2) is 0 Å². The Kier molecular flexibility index (Phi) is 4.93. The molecule has 2 N–H and O–H groups in total. The number of carbonyl (C=O) groups excluding carboxylic acids is 1. The van der Waals surface area contributed by atoms with Crippen LogP contribution in [0.5, 0.6) is 0 Å². The highest BCUT2D eigenvalue weighted by atomic mass is 16.5. The van der Waals surface area contributed by atoms with Crippen molar-refractivity contribution in [2.45, 2.75) is 31.9 Å². The summed E-state index contributed by atoms with van der Waals surface area (Å²) in [6.45, 7) is 3.66. The van der Waals surface area contributed by atoms with Crippen molar-refractivity contribution in [2.24, 2.45) is 0 Å². The molecule has 1 aromatic carbocycles. The second-order valence-electron chi connectivity index (χ2n) is 5.10. The van der Waals surface area contributed by atoms with E-state index in [2.05, 4.69) is 35.8 Å². The van der Waals surface area contributed by atoms with Crippen LogP contribution >= 0.6 is 0 Å². The quantitative estimate of drug-likeness (QED) is 0.833. The summed E-state index contributed by atoms with van der Waals surface area (Å²) < 4.78 is 5.33. The zero-order valence-corrected chi connectivity index (χ0v) is 11.6. The van der Waals surface area contributed by atoms with Crippen LogP contribution in [0.2, 0.25) is 0 Å². The van der Waals surface area contributed by atoms with Gasteiger partial charge in [0, 0.05) is 26.6 Å². The second-order valence-corrected chi connectivity index (χ2v) is 5.10. The lowest BCUT2D eigenvalue weighted by atomic mass is 10.1. The maximum atomic E-state index is 11.9. The van der Waals surface area contributed by atoms with Crippen LogP contribution in [0.25, 0.3) is 0 Å². The van der Waals surface area contributed by atoms with Crippen molar-refractivity contribution in [1.82, 2.24) is 10.6 Å². The molecule has 1 unspecified atom stereocenters. The molecule has 104 valence electrons. The summed E-state index contributed by atoms with van der Waals surface area (Å²) in [7, 11) is 1.68. The number of ether oxygens (including phenoxy) is 1. The van der Waals surface area contributed by atoms with Gasteiger partial charge in [-0.3, -0.25) is 4.79 Å². The van der Waals surface area contributed by atoms with E-state index in [0.717, 1.165) is 19.5 Å². The van der Waals surface area contributed by atoms with E-state index in [-0.39, 0.29) is 18.1 Å². The van der Waals surface area contributed by atoms with Gasteiger partial charge in [0.1, 0.15) is 0 Å². The number of amides is 1. The fourth-order valence-electron chi connectivity index (χ4n) is 2.45. The Hall–Kier alpha value is -1.39. The maximum absolute atomic E-state index is 11.9. The van der Waals surface area contributed by atoms with Crippen molar-refractivity contribution in [3.63, 3.8) is 0 Å². The monoisotopic (exact) mass is 262 g/mol. The smallest absolute Gasteiger partial charge is 0.220 e. The van der Waals surface area contributed by atoms with Crippen molar-refractivity contribution < 1.29 is 9.53 Å². The number of benzene rings is 1. The molecule has 1 aliphatic heterocycles. The van der Waals surface area contributed by atoms with Crippen LogP contribution in [-0.2, 0) is 16.0 Å². The third-order valence-electron chi connectivity index (χ3n) is 3.53. The molecule has 2 rings (SSSR count). The SMILES string of the molecule is CO[C@H]1CNCC1NC(=O)CCc1cccc(C)c1. The van der Waals surface area contributed by atoms with Gasteiger partial charge in [0.2, 0.25) is 5.91 Å². The first-order chi connectivity index (χ1) is 9.19. The van der Waals surface area contributed by atoms with Crippen LogP contribution in [-0.4, -0.2) is 38.3 Å². The van der Waals surface area contributed by atoms with Gasteiger partial charge in [0.25, 0.3) is 0 Å². The Morgan fingerprint density at radius 1 is 1.47 bits per heavy atom. The average Bonchev–Trinajstić information content (AvgIpc) is 2.84. The summed E-state index contributed by atoms with van der Waals surface area (Å²) in [5.74, 6) is 0.0947. The van der Waals surface area contributed by atoms with Gasteiger partial charge < -0.3 is 15.4 Å². The molecular formula is C15H22N2O2. The Morgan fingerprint density at radius 2 is 2.32 bits per heavy atom. The van der Waals surface area contributed by atoms with E-state index in [1.165, 1.54) is 11.1 Å². The molecule has 0 bridgehead atoms. The molecule has 1 saturated heterocycles. The third-order valence-corrected chi connectivity index (χ3v) is 3.53. The number of aryl methyl sites for hydroxylation is 2. The Balaban J connectivity index is 1.78. The molecule has 1 heterocycles. The standard InChI is InChI=1S/C15H22N2O2/c1-11-4-3-5-12(8-11)6-7-15(18)17-13-9-16-10-14(13)19-2/h3-5,8,13-14,16H,6-7,9-10H2,1-2H3,(H,17,18)/t13?,14-/m0/s1. The highest BCUT2D eigenvalue weighted by Crippen LogP contribution is 2.08. The number of hydrogen-bond acceptors (Lipinski definition) is 3. The number of rotatable bonds is 5. The van der Waals surface area contributed by atoms with Gasteiger partial charge in [-0.15, -0.1) is 0 Å². The van der Waals surface area contributed by atoms with Crippen LogP contribution in [0.1, 0.15) is 17.5 Å². The van der Waals surface area contributed by atoms with E-state index in [1.807, 2.05) is 6.07 Å². The topological polar surface area (TPSA) is 50.4 Å². The molecule has 4 heteroatoms. The lowest BCUT2D eigenvalue weighted by molar-refractivity contribution is -0.122. The number of nitrogens with one attached hydrogen (secondary N) is 2. The minimum Gasteiger partial charge on any atom is -0.378 e. The summed E-state index contributed by atoms with van der Waals surface area (Å²) in [6, 6.07) is 8.38. The molecule has 1 amide bonds. The highest BCUT2D eigenvalue weighted by Gasteiger charge is 2.27. The lowest BCUT2D eigenvalue weighted by Crippen LogP contribution is -2.43. The molecule has 1 fully saturated rings. The average molecular weight is 262 g/mol. The molecule has 0 radical (unpaired) electrons. The van der Waals surface area contributed by atoms with Gasteiger partial charge >= 0.3 is 0 Å². The van der Waals surface area contributed by atoms with Crippen LogP contribution in [0, 0.1) is 6.92 Å². The minimum atomic E-state index is 0.0860. The minimum absolute atomic E-state index is 0.0860. The molecule has 0 spiro atoms. The van der Waals surface area contributed by atoms with Crippen molar-refractivity contribution in [3.8, 4) is 0 Å². The molecule has 19 heavy (non-hydrogen) atoms. The van der Waals surface area contributed by atoms with Gasteiger partial charge in [-0.2, -0.15) is 0 Å². The van der Waals surface area contributed by atoms with Gasteiger partial charge in [0.05, 0.1) is 12.1 Å². The zero-order chi connectivity index (χ0) is 13.7. The van der Waals surface area contributed by atoms with Crippen LogP contribution in [0.4, 0.5) is 0 Å². The van der Waals surface area contributed by atoms with Crippen molar-refractivity contribution >= 4 is 5.91 Å². The number of hydrogen-bond donors (Lipinski definition) is 2. The Morgan fingerprint density at radius 3 is 3.05 bits per heavy atom. The predicted octanol–water partition coefficient (Wildman–Crippen LogP) is 1.03. The van der Waals surface area contributed by atoms with Gasteiger partial charge in [0.15, 0.2) is 0 Å². The van der Waals surface area contributed by atoms with Crippen LogP contribution < -0.4 is 10.6 Å². The summed E-state index contributed by atoms with van der Waals surface area (Å²) in [4.78, 5) is 11.9. The normalized spacial score (nSPS) is 22.4. The largest absolute Gasteiger partial charge is 0.378 e. The van der Waals surface area contributed by atoms with Crippen LogP contribution in [0.15, 0.2) is 24.3 Å². The van der Waals surface area contributed by atoms with E-state index in [4.69, 9.17) is 4.74 Å². The van der Waals surface area contributed by atoms with Crippen molar-refractivity contribution in [2.75, 3.05) is 20.2 Å². The first-order valence-corrected chi connectivity index (χ1v) is 6.77. The zero-order valence-electron chi connectivity index (χ0n) is 11.6. The highest BCUT2D eigenvalue weighted by molar-refractivity contribution is 5.76. The molecule has 1 aliphatic rings. The fourth-order valence-corrected chi connectivity index (χ4v) is 2.45. The number of carbonyl (C=O) groups is 1. The van der Waals surface area contributed by atoms with Gasteiger partial charge in [-0.1, -0.05) is 29.8 Å². The summed E-state index contributed by atoms with van der Waals surface area (Å²) in [5, 5.41) is 6.26. The maximum Gasteiger partial charge on any atom is 0.220 e. The van der Waals surface area contributed by atoms with Crippen molar-refractivity contribution in [1.29, 1.82) is 0 Å². The Bertz CT molecular complexity index is 434. The van der Waals surface area contributed by atoms with Gasteiger partial charge in [-0.05, 0) is 18.9 Å². The Labute approximate surface area is 114 Å². The molecule has 4 nitrogen and oxygen atoms in total. The van der Waals surface area contributed by atoms with Crippen molar-refractivity contribution in [3.05, 3.63) is 35.4 Å². The molecule has 1 aromatic rings. The third kappa shape index (κ3) is 4.04. The number of methoxy groups -OCH3 is 1. The van der Waals surface area contributed by atoms with E-state index >= 15 is 0 Å². The van der Waals surface area contributed by atoms with E-state index < -0.39 is 0 Å². The predicted molar refractivity (Wildman–Crippen MR) is 75.1 cm³/mol. The lowest BCUT2D eigenvalue weighted by Gasteiger charge is -2.18. The van der Waals surface area contributed by atoms with E-state index in [9.17, 15) is 4.79 Å². The van der Waals surface area contributed by atoms with E-state index in [1.54, 1.807) is 7.11 Å². The summed E-state index contributed by atoms with van der Waals surface area (Å²) >= 11 is 0. The first kappa shape index (κ1) is 14.0. The molecule has 2 atom stereocenters. The van der Waals surface area contributed by atoms with Crippen LogP contribution in [0.3, 0.4) is 0 Å².